The van der Waals surface area contributed by atoms with Crippen LogP contribution >= 0.6 is 0 Å². The molecular formula is C19H23N3O2. The Morgan fingerprint density at radius 2 is 1.92 bits per heavy atom. The number of piperidine rings is 1. The van der Waals surface area contributed by atoms with E-state index in [1.54, 1.807) is 10.7 Å². The number of carbonyl (C=O) groups excluding carboxylic acids is 1. The zero-order valence-corrected chi connectivity index (χ0v) is 13.9. The van der Waals surface area contributed by atoms with E-state index in [0.717, 1.165) is 30.9 Å². The Hall–Kier alpha value is -2.17. The molecule has 0 spiro atoms. The number of hydrogen-bond donors (Lipinski definition) is 0. The van der Waals surface area contributed by atoms with Crippen LogP contribution in [0.15, 0.2) is 35.3 Å². The Balaban J connectivity index is 1.52. The molecule has 5 heteroatoms. The number of fused-ring (bicyclic) bond motifs is 2. The van der Waals surface area contributed by atoms with E-state index in [2.05, 4.69) is 5.10 Å². The average molecular weight is 325 g/mol. The first-order valence-electron chi connectivity index (χ1n) is 8.95. The molecule has 0 bridgehead atoms. The lowest BCUT2D eigenvalue weighted by atomic mass is 9.75. The van der Waals surface area contributed by atoms with Crippen LogP contribution in [0, 0.1) is 11.8 Å². The van der Waals surface area contributed by atoms with E-state index in [1.165, 1.54) is 31.9 Å². The molecule has 1 saturated carbocycles. The van der Waals surface area contributed by atoms with Crippen molar-refractivity contribution in [2.75, 3.05) is 13.1 Å². The van der Waals surface area contributed by atoms with Gasteiger partial charge in [-0.2, -0.15) is 5.10 Å². The topological polar surface area (TPSA) is 55.2 Å². The molecule has 2 atom stereocenters. The highest BCUT2D eigenvalue weighted by Crippen LogP contribution is 2.36. The van der Waals surface area contributed by atoms with Crippen LogP contribution in [0.2, 0.25) is 0 Å². The highest BCUT2D eigenvalue weighted by Gasteiger charge is 2.32. The molecule has 1 aliphatic carbocycles. The van der Waals surface area contributed by atoms with Crippen molar-refractivity contribution in [1.82, 2.24) is 14.7 Å². The number of nitrogens with zero attached hydrogens (tertiary/aromatic N) is 3. The van der Waals surface area contributed by atoms with Gasteiger partial charge in [0, 0.05) is 18.5 Å². The summed E-state index contributed by atoms with van der Waals surface area (Å²) in [4.78, 5) is 26.7. The number of aromatic nitrogens is 2. The summed E-state index contributed by atoms with van der Waals surface area (Å²) in [6.07, 6.45) is 7.68. The van der Waals surface area contributed by atoms with Gasteiger partial charge >= 0.3 is 0 Å². The second-order valence-corrected chi connectivity index (χ2v) is 7.12. The van der Waals surface area contributed by atoms with Crippen LogP contribution in [-0.4, -0.2) is 33.7 Å². The Labute approximate surface area is 141 Å². The number of likely N-dealkylation sites (tertiary alicyclic amines) is 1. The van der Waals surface area contributed by atoms with E-state index in [0.29, 0.717) is 11.3 Å². The molecule has 0 unspecified atom stereocenters. The second kappa shape index (κ2) is 6.38. The maximum absolute atomic E-state index is 12.8. The van der Waals surface area contributed by atoms with Crippen molar-refractivity contribution in [1.29, 1.82) is 0 Å². The van der Waals surface area contributed by atoms with Crippen LogP contribution in [0.3, 0.4) is 0 Å². The van der Waals surface area contributed by atoms with Gasteiger partial charge < -0.3 is 4.90 Å². The van der Waals surface area contributed by atoms with Gasteiger partial charge in [-0.3, -0.25) is 14.3 Å². The second-order valence-electron chi connectivity index (χ2n) is 7.12. The first kappa shape index (κ1) is 15.4. The van der Waals surface area contributed by atoms with Crippen LogP contribution in [0.5, 0.6) is 0 Å². The van der Waals surface area contributed by atoms with E-state index >= 15 is 0 Å². The Morgan fingerprint density at radius 1 is 1.12 bits per heavy atom. The van der Waals surface area contributed by atoms with Gasteiger partial charge in [0.05, 0.1) is 11.7 Å². The van der Waals surface area contributed by atoms with E-state index in [-0.39, 0.29) is 17.9 Å². The monoisotopic (exact) mass is 325 g/mol. The summed E-state index contributed by atoms with van der Waals surface area (Å²) < 4.78 is 1.66. The molecule has 5 nitrogen and oxygen atoms in total. The predicted octanol–water partition coefficient (Wildman–Crippen LogP) is 2.44. The summed E-state index contributed by atoms with van der Waals surface area (Å²) in [5.74, 6) is 1.60. The molecule has 1 saturated heterocycles. The van der Waals surface area contributed by atoms with E-state index in [4.69, 9.17) is 0 Å². The quantitative estimate of drug-likeness (QED) is 0.852. The van der Waals surface area contributed by atoms with Crippen molar-refractivity contribution in [3.63, 3.8) is 0 Å². The van der Waals surface area contributed by atoms with Gasteiger partial charge in [0.2, 0.25) is 11.3 Å². The first-order valence-corrected chi connectivity index (χ1v) is 8.95. The maximum Gasteiger partial charge on any atom is 0.244 e. The normalized spacial score (nSPS) is 23.9. The molecule has 2 aliphatic rings. The predicted molar refractivity (Wildman–Crippen MR) is 92.6 cm³/mol. The molecule has 2 fully saturated rings. The molecular weight excluding hydrogens is 302 g/mol. The lowest BCUT2D eigenvalue weighted by molar-refractivity contribution is -0.135. The summed E-state index contributed by atoms with van der Waals surface area (Å²) in [7, 11) is 0. The first-order chi connectivity index (χ1) is 11.7. The fourth-order valence-corrected chi connectivity index (χ4v) is 4.34. The largest absolute Gasteiger partial charge is 0.341 e. The molecule has 24 heavy (non-hydrogen) atoms. The summed E-state index contributed by atoms with van der Waals surface area (Å²) in [6, 6.07) is 7.35. The van der Waals surface area contributed by atoms with Crippen molar-refractivity contribution in [3.8, 4) is 0 Å². The maximum atomic E-state index is 12.8. The van der Waals surface area contributed by atoms with Crippen LogP contribution in [0.1, 0.15) is 32.1 Å². The van der Waals surface area contributed by atoms with Crippen LogP contribution in [0.4, 0.5) is 0 Å². The van der Waals surface area contributed by atoms with Gasteiger partial charge in [-0.25, -0.2) is 0 Å². The third-order valence-electron chi connectivity index (χ3n) is 5.69. The minimum Gasteiger partial charge on any atom is -0.341 e. The van der Waals surface area contributed by atoms with Crippen LogP contribution < -0.4 is 5.43 Å². The Morgan fingerprint density at radius 3 is 2.79 bits per heavy atom. The fraction of sp³-hybridized carbons (Fsp3) is 0.526. The molecule has 126 valence electrons. The highest BCUT2D eigenvalue weighted by atomic mass is 16.2. The third kappa shape index (κ3) is 2.83. The molecule has 0 N–H and O–H groups in total. The highest BCUT2D eigenvalue weighted by molar-refractivity contribution is 5.81. The summed E-state index contributed by atoms with van der Waals surface area (Å²) in [6.45, 7) is 1.96. The zero-order chi connectivity index (χ0) is 16.5. The van der Waals surface area contributed by atoms with E-state index < -0.39 is 0 Å². The van der Waals surface area contributed by atoms with Gasteiger partial charge in [0.1, 0.15) is 6.54 Å². The van der Waals surface area contributed by atoms with Gasteiger partial charge in [-0.1, -0.05) is 31.4 Å². The third-order valence-corrected chi connectivity index (χ3v) is 5.69. The standard InChI is InChI=1S/C19H23N3O2/c23-18-11-20-22(17-8-4-3-7-16(17)18)13-19(24)21-10-9-14-5-1-2-6-15(14)12-21/h3-4,7-8,11,14-15H,1-2,5-6,9-10,12-13H2/t14-,15+/m0/s1. The lowest BCUT2D eigenvalue weighted by Gasteiger charge is -2.41. The SMILES string of the molecule is O=C(Cn1ncc(=O)c2ccccc21)N1CC[C@@H]2CCCC[C@@H]2C1. The molecule has 0 radical (unpaired) electrons. The van der Waals surface area contributed by atoms with Gasteiger partial charge in [0.25, 0.3) is 0 Å². The number of carbonyl (C=O) groups is 1. The average Bonchev–Trinajstić information content (AvgIpc) is 2.64. The van der Waals surface area contributed by atoms with Crippen molar-refractivity contribution < 1.29 is 4.79 Å². The van der Waals surface area contributed by atoms with Gasteiger partial charge in [0.15, 0.2) is 0 Å². The fourth-order valence-electron chi connectivity index (χ4n) is 4.34. The number of amides is 1. The van der Waals surface area contributed by atoms with Gasteiger partial charge in [-0.05, 0) is 36.8 Å². The lowest BCUT2D eigenvalue weighted by Crippen LogP contribution is -2.46. The molecule has 1 amide bonds. The number of para-hydroxylation sites is 1. The smallest absolute Gasteiger partial charge is 0.244 e. The molecule has 2 aromatic rings. The molecule has 1 aliphatic heterocycles. The molecule has 4 rings (SSSR count). The van der Waals surface area contributed by atoms with Crippen molar-refractivity contribution in [2.24, 2.45) is 11.8 Å². The minimum atomic E-state index is -0.0997. The Kier molecular flexibility index (Phi) is 4.08. The summed E-state index contributed by atoms with van der Waals surface area (Å²) >= 11 is 0. The number of hydrogen-bond acceptors (Lipinski definition) is 3. The van der Waals surface area contributed by atoms with Crippen molar-refractivity contribution in [3.05, 3.63) is 40.7 Å². The van der Waals surface area contributed by atoms with E-state index in [1.807, 2.05) is 23.1 Å². The Bertz CT molecular complexity index is 814. The summed E-state index contributed by atoms with van der Waals surface area (Å²) in [5.41, 5.74) is 0.628. The number of rotatable bonds is 2. The minimum absolute atomic E-state index is 0.0997. The molecule has 1 aromatic heterocycles. The number of benzene rings is 1. The van der Waals surface area contributed by atoms with Gasteiger partial charge in [-0.15, -0.1) is 0 Å². The summed E-state index contributed by atoms with van der Waals surface area (Å²) in [5, 5.41) is 4.80. The molecule has 1 aromatic carbocycles. The van der Waals surface area contributed by atoms with Crippen LogP contribution in [0.25, 0.3) is 10.9 Å². The molecule has 2 heterocycles. The van der Waals surface area contributed by atoms with Crippen molar-refractivity contribution >= 4 is 16.8 Å². The van der Waals surface area contributed by atoms with Crippen molar-refractivity contribution in [2.45, 2.75) is 38.6 Å². The van der Waals surface area contributed by atoms with Crippen LogP contribution in [-0.2, 0) is 11.3 Å². The van der Waals surface area contributed by atoms with E-state index in [9.17, 15) is 9.59 Å². The zero-order valence-electron chi connectivity index (χ0n) is 13.9.